The third-order valence-corrected chi connectivity index (χ3v) is 3.43. The van der Waals surface area contributed by atoms with Gasteiger partial charge in [0.25, 0.3) is 0 Å². The summed E-state index contributed by atoms with van der Waals surface area (Å²) in [6.07, 6.45) is 6.49. The van der Waals surface area contributed by atoms with E-state index in [4.69, 9.17) is 0 Å². The van der Waals surface area contributed by atoms with Gasteiger partial charge in [-0.25, -0.2) is 0 Å². The van der Waals surface area contributed by atoms with E-state index in [9.17, 15) is 4.39 Å². The van der Waals surface area contributed by atoms with Gasteiger partial charge in [-0.05, 0) is 43.2 Å². The molecule has 0 amide bonds. The first-order valence-corrected chi connectivity index (χ1v) is 5.41. The minimum absolute atomic E-state index is 0.0882. The molecule has 0 unspecified atom stereocenters. The molecule has 0 radical (unpaired) electrons. The molecule has 1 aromatic heterocycles. The highest BCUT2D eigenvalue weighted by atomic mass is 19.1. The topological polar surface area (TPSA) is 4.93 Å². The van der Waals surface area contributed by atoms with Crippen LogP contribution in [0.3, 0.4) is 0 Å². The van der Waals surface area contributed by atoms with Crippen LogP contribution in [0.25, 0.3) is 0 Å². The Morgan fingerprint density at radius 1 is 1.36 bits per heavy atom. The molecular weight excluding hydrogens is 177 g/mol. The number of hydrogen-bond acceptors (Lipinski definition) is 0. The second-order valence-electron chi connectivity index (χ2n) is 5.13. The Balaban J connectivity index is 2.06. The van der Waals surface area contributed by atoms with Crippen molar-refractivity contribution >= 4 is 0 Å². The maximum absolute atomic E-state index is 13.3. The normalized spacial score (nSPS) is 22.5. The largest absolute Gasteiger partial charge is 0.322 e. The van der Waals surface area contributed by atoms with Gasteiger partial charge in [0.1, 0.15) is 0 Å². The summed E-state index contributed by atoms with van der Waals surface area (Å²) in [5.41, 5.74) is 0.458. The summed E-state index contributed by atoms with van der Waals surface area (Å²) in [6, 6.07) is 3.72. The number of hydrogen-bond donors (Lipinski definition) is 0. The highest BCUT2D eigenvalue weighted by Crippen LogP contribution is 2.40. The van der Waals surface area contributed by atoms with Gasteiger partial charge in [0.2, 0.25) is 0 Å². The van der Waals surface area contributed by atoms with Gasteiger partial charge in [-0.1, -0.05) is 13.8 Å². The molecule has 0 spiro atoms. The average Bonchev–Trinajstić information content (AvgIpc) is 2.52. The van der Waals surface area contributed by atoms with Crippen LogP contribution in [0.5, 0.6) is 0 Å². The summed E-state index contributed by atoms with van der Waals surface area (Å²) in [6.45, 7) is 4.60. The minimum atomic E-state index is -0.0882. The van der Waals surface area contributed by atoms with E-state index in [0.29, 0.717) is 11.5 Å². The summed E-state index contributed by atoms with van der Waals surface area (Å²) in [4.78, 5) is 0. The molecule has 1 aromatic rings. The molecule has 1 nitrogen and oxygen atoms in total. The maximum Gasteiger partial charge on any atom is 0.193 e. The molecule has 1 heterocycles. The van der Waals surface area contributed by atoms with Crippen molar-refractivity contribution in [2.45, 2.75) is 45.6 Å². The summed E-state index contributed by atoms with van der Waals surface area (Å²) in [7, 11) is 0. The maximum atomic E-state index is 13.3. The minimum Gasteiger partial charge on any atom is -0.322 e. The predicted octanol–water partition coefficient (Wildman–Crippen LogP) is 3.77. The fraction of sp³-hybridized carbons (Fsp3) is 0.667. The Morgan fingerprint density at radius 3 is 2.50 bits per heavy atom. The Labute approximate surface area is 84.9 Å². The highest BCUT2D eigenvalue weighted by molar-refractivity contribution is 4.97. The van der Waals surface area contributed by atoms with Crippen LogP contribution in [0.2, 0.25) is 0 Å². The third kappa shape index (κ3) is 1.84. The Kier molecular flexibility index (Phi) is 2.38. The Hall–Kier alpha value is -0.790. The summed E-state index contributed by atoms with van der Waals surface area (Å²) >= 11 is 0. The number of halogens is 1. The monoisotopic (exact) mass is 195 g/mol. The first kappa shape index (κ1) is 9.75. The lowest BCUT2D eigenvalue weighted by molar-refractivity contribution is 0.185. The van der Waals surface area contributed by atoms with Gasteiger partial charge in [0.05, 0.1) is 0 Å². The van der Waals surface area contributed by atoms with Crippen molar-refractivity contribution < 1.29 is 4.39 Å². The standard InChI is InChI=1S/C12H18FN/c1-12(2)7-5-10(6-8-12)14-9-3-4-11(14)13/h3-4,9-10H,5-8H2,1-2H3. The van der Waals surface area contributed by atoms with Crippen molar-refractivity contribution in [3.8, 4) is 0 Å². The van der Waals surface area contributed by atoms with Crippen molar-refractivity contribution in [2.24, 2.45) is 5.41 Å². The first-order valence-electron chi connectivity index (χ1n) is 5.41. The molecule has 1 aliphatic rings. The average molecular weight is 195 g/mol. The van der Waals surface area contributed by atoms with Crippen LogP contribution < -0.4 is 0 Å². The SMILES string of the molecule is CC1(C)CCC(n2cccc2F)CC1. The number of aromatic nitrogens is 1. The summed E-state index contributed by atoms with van der Waals surface area (Å²) in [5, 5.41) is 0. The summed E-state index contributed by atoms with van der Waals surface area (Å²) in [5.74, 6) is -0.0882. The second kappa shape index (κ2) is 3.41. The molecule has 2 rings (SSSR count). The fourth-order valence-corrected chi connectivity index (χ4v) is 2.33. The van der Waals surface area contributed by atoms with Crippen molar-refractivity contribution in [1.82, 2.24) is 4.57 Å². The molecule has 0 aromatic carbocycles. The fourth-order valence-electron chi connectivity index (χ4n) is 2.33. The van der Waals surface area contributed by atoms with E-state index >= 15 is 0 Å². The van der Waals surface area contributed by atoms with Crippen LogP contribution in [0.15, 0.2) is 18.3 Å². The van der Waals surface area contributed by atoms with E-state index in [1.54, 1.807) is 16.7 Å². The number of nitrogens with zero attached hydrogens (tertiary/aromatic N) is 1. The quantitative estimate of drug-likeness (QED) is 0.643. The highest BCUT2D eigenvalue weighted by Gasteiger charge is 2.28. The van der Waals surface area contributed by atoms with Crippen LogP contribution in [0.4, 0.5) is 4.39 Å². The molecule has 0 saturated heterocycles. The number of rotatable bonds is 1. The third-order valence-electron chi connectivity index (χ3n) is 3.43. The summed E-state index contributed by atoms with van der Waals surface area (Å²) < 4.78 is 15.1. The molecule has 1 aliphatic carbocycles. The van der Waals surface area contributed by atoms with Crippen molar-refractivity contribution in [1.29, 1.82) is 0 Å². The van der Waals surface area contributed by atoms with Gasteiger partial charge < -0.3 is 4.57 Å². The zero-order valence-corrected chi connectivity index (χ0v) is 8.96. The zero-order valence-electron chi connectivity index (χ0n) is 8.96. The van der Waals surface area contributed by atoms with E-state index in [0.717, 1.165) is 12.8 Å². The second-order valence-corrected chi connectivity index (χ2v) is 5.13. The Morgan fingerprint density at radius 2 is 2.00 bits per heavy atom. The molecular formula is C12H18FN. The van der Waals surface area contributed by atoms with Crippen LogP contribution in [-0.2, 0) is 0 Å². The van der Waals surface area contributed by atoms with Crippen LogP contribution in [-0.4, -0.2) is 4.57 Å². The van der Waals surface area contributed by atoms with Gasteiger partial charge in [0, 0.05) is 12.2 Å². The van der Waals surface area contributed by atoms with Crippen molar-refractivity contribution in [3.05, 3.63) is 24.3 Å². The molecule has 1 fully saturated rings. The molecule has 14 heavy (non-hydrogen) atoms. The zero-order chi connectivity index (χ0) is 10.2. The molecule has 78 valence electrons. The van der Waals surface area contributed by atoms with E-state index in [-0.39, 0.29) is 5.95 Å². The lowest BCUT2D eigenvalue weighted by Crippen LogP contribution is -2.23. The van der Waals surface area contributed by atoms with E-state index in [1.807, 2.05) is 6.20 Å². The lowest BCUT2D eigenvalue weighted by atomic mass is 9.75. The van der Waals surface area contributed by atoms with Gasteiger partial charge in [-0.15, -0.1) is 0 Å². The molecule has 0 aliphatic heterocycles. The molecule has 0 bridgehead atoms. The van der Waals surface area contributed by atoms with Crippen molar-refractivity contribution in [2.75, 3.05) is 0 Å². The smallest absolute Gasteiger partial charge is 0.193 e. The van der Waals surface area contributed by atoms with Crippen LogP contribution in [0.1, 0.15) is 45.6 Å². The van der Waals surface area contributed by atoms with Crippen LogP contribution in [0, 0.1) is 11.4 Å². The molecule has 0 atom stereocenters. The van der Waals surface area contributed by atoms with Gasteiger partial charge in [0.15, 0.2) is 5.95 Å². The van der Waals surface area contributed by atoms with Crippen LogP contribution >= 0.6 is 0 Å². The van der Waals surface area contributed by atoms with E-state index < -0.39 is 0 Å². The predicted molar refractivity (Wildman–Crippen MR) is 55.7 cm³/mol. The Bertz CT molecular complexity index is 304. The van der Waals surface area contributed by atoms with Gasteiger partial charge >= 0.3 is 0 Å². The van der Waals surface area contributed by atoms with Gasteiger partial charge in [-0.2, -0.15) is 4.39 Å². The molecule has 1 saturated carbocycles. The van der Waals surface area contributed by atoms with E-state index in [2.05, 4.69) is 13.8 Å². The first-order chi connectivity index (χ1) is 6.58. The van der Waals surface area contributed by atoms with E-state index in [1.165, 1.54) is 12.8 Å². The lowest BCUT2D eigenvalue weighted by Gasteiger charge is -2.35. The molecule has 2 heteroatoms. The molecule has 0 N–H and O–H groups in total. The van der Waals surface area contributed by atoms with Gasteiger partial charge in [-0.3, -0.25) is 0 Å². The van der Waals surface area contributed by atoms with Crippen molar-refractivity contribution in [3.63, 3.8) is 0 Å².